The van der Waals surface area contributed by atoms with Crippen LogP contribution < -0.4 is 5.32 Å². The van der Waals surface area contributed by atoms with Gasteiger partial charge >= 0.3 is 0 Å². The Kier molecular flexibility index (Phi) is 4.73. The van der Waals surface area contributed by atoms with Gasteiger partial charge in [0.2, 0.25) is 5.95 Å². The van der Waals surface area contributed by atoms with Gasteiger partial charge in [-0.3, -0.25) is 9.78 Å². The Morgan fingerprint density at radius 1 is 1.23 bits per heavy atom. The molecule has 0 amide bonds. The summed E-state index contributed by atoms with van der Waals surface area (Å²) in [5.74, 6) is 0.753. The zero-order chi connectivity index (χ0) is 18.9. The summed E-state index contributed by atoms with van der Waals surface area (Å²) >= 11 is 6.24. The second-order valence-electron chi connectivity index (χ2n) is 6.50. The maximum absolute atomic E-state index is 11.5. The predicted octanol–water partition coefficient (Wildman–Crippen LogP) is 3.48. The molecule has 134 valence electrons. The Labute approximate surface area is 156 Å². The Bertz CT molecular complexity index is 949. The lowest BCUT2D eigenvalue weighted by atomic mass is 10.00. The van der Waals surface area contributed by atoms with Gasteiger partial charge in [0.1, 0.15) is 0 Å². The van der Waals surface area contributed by atoms with E-state index >= 15 is 0 Å². The topological polar surface area (TPSA) is 85.6 Å². The largest absolute Gasteiger partial charge is 0.344 e. The molecule has 3 aromatic heterocycles. The summed E-state index contributed by atoms with van der Waals surface area (Å²) < 4.78 is 1.69. The molecule has 0 saturated carbocycles. The fourth-order valence-corrected chi connectivity index (χ4v) is 3.00. The maximum Gasteiger partial charge on any atom is 0.223 e. The molecule has 8 heteroatoms. The summed E-state index contributed by atoms with van der Waals surface area (Å²) in [4.78, 5) is 28.9. The molecule has 1 N–H and O–H groups in total. The fraction of sp³-hybridized carbons (Fsp3) is 0.278. The van der Waals surface area contributed by atoms with E-state index in [0.717, 1.165) is 5.56 Å². The van der Waals surface area contributed by atoms with Crippen molar-refractivity contribution in [2.75, 3.05) is 5.32 Å². The molecule has 0 atom stereocenters. The van der Waals surface area contributed by atoms with Crippen LogP contribution in [-0.4, -0.2) is 30.3 Å². The van der Waals surface area contributed by atoms with Gasteiger partial charge in [0.05, 0.1) is 21.9 Å². The number of anilines is 1. The van der Waals surface area contributed by atoms with Gasteiger partial charge in [0.15, 0.2) is 11.6 Å². The average Bonchev–Trinajstić information content (AvgIpc) is 2.97. The Balaban J connectivity index is 1.83. The van der Waals surface area contributed by atoms with E-state index in [2.05, 4.69) is 25.3 Å². The maximum atomic E-state index is 11.5. The highest BCUT2D eigenvalue weighted by atomic mass is 35.5. The monoisotopic (exact) mass is 370 g/mol. The van der Waals surface area contributed by atoms with E-state index in [1.54, 1.807) is 48.5 Å². The number of hydrogen-bond donors (Lipinski definition) is 1. The van der Waals surface area contributed by atoms with Crippen molar-refractivity contribution in [3.05, 3.63) is 53.5 Å². The Morgan fingerprint density at radius 3 is 2.50 bits per heavy atom. The molecule has 7 nitrogen and oxygen atoms in total. The van der Waals surface area contributed by atoms with E-state index in [1.165, 1.54) is 6.92 Å². The summed E-state index contributed by atoms with van der Waals surface area (Å²) in [6.45, 7) is 5.40. The number of nitrogens with zero attached hydrogens (tertiary/aromatic N) is 5. The second-order valence-corrected chi connectivity index (χ2v) is 6.90. The van der Waals surface area contributed by atoms with Crippen molar-refractivity contribution in [2.24, 2.45) is 7.05 Å². The van der Waals surface area contributed by atoms with Crippen LogP contribution in [0.1, 0.15) is 37.1 Å². The molecule has 3 aromatic rings. The number of carbonyl (C=O) groups is 1. The predicted molar refractivity (Wildman–Crippen MR) is 100 cm³/mol. The number of Topliss-reactive ketones (excluding diaryl/α,β-unsaturated/α-hetero) is 1. The molecule has 0 aliphatic carbocycles. The summed E-state index contributed by atoms with van der Waals surface area (Å²) in [6.07, 6.45) is 6.80. The van der Waals surface area contributed by atoms with Gasteiger partial charge in [0, 0.05) is 44.3 Å². The standard InChI is InChI=1S/C18H19ClN6O/c1-11(26)16-23-14(10-25(16)4)12-8-21-17(22-9-12)24-18(2,3)15-13(19)6-5-7-20-15/h5-10H,1-4H3,(H,21,22,24). The number of aryl methyl sites for hydroxylation is 1. The van der Waals surface area contributed by atoms with Gasteiger partial charge in [-0.25, -0.2) is 15.0 Å². The molecule has 0 radical (unpaired) electrons. The minimum atomic E-state index is -0.549. The minimum Gasteiger partial charge on any atom is -0.344 e. The normalized spacial score (nSPS) is 11.4. The third-order valence-corrected chi connectivity index (χ3v) is 4.22. The smallest absolute Gasteiger partial charge is 0.223 e. The highest BCUT2D eigenvalue weighted by Gasteiger charge is 2.25. The van der Waals surface area contributed by atoms with Crippen LogP contribution in [-0.2, 0) is 12.6 Å². The lowest BCUT2D eigenvalue weighted by Crippen LogP contribution is -2.30. The SMILES string of the molecule is CC(=O)c1nc(-c2cnc(NC(C)(C)c3ncccc3Cl)nc2)cn1C. The van der Waals surface area contributed by atoms with Gasteiger partial charge in [-0.2, -0.15) is 0 Å². The third kappa shape index (κ3) is 3.57. The highest BCUT2D eigenvalue weighted by molar-refractivity contribution is 6.31. The van der Waals surface area contributed by atoms with E-state index in [1.807, 2.05) is 13.8 Å². The van der Waals surface area contributed by atoms with E-state index in [9.17, 15) is 4.79 Å². The van der Waals surface area contributed by atoms with Gasteiger partial charge in [0.25, 0.3) is 0 Å². The van der Waals surface area contributed by atoms with Crippen molar-refractivity contribution in [2.45, 2.75) is 26.3 Å². The van der Waals surface area contributed by atoms with Crippen molar-refractivity contribution in [3.8, 4) is 11.3 Å². The molecule has 0 aliphatic rings. The summed E-state index contributed by atoms with van der Waals surface area (Å²) in [5, 5.41) is 3.82. The zero-order valence-corrected chi connectivity index (χ0v) is 15.7. The zero-order valence-electron chi connectivity index (χ0n) is 15.0. The number of hydrogen-bond acceptors (Lipinski definition) is 6. The Morgan fingerprint density at radius 2 is 1.92 bits per heavy atom. The van der Waals surface area contributed by atoms with E-state index in [0.29, 0.717) is 28.2 Å². The number of imidazole rings is 1. The van der Waals surface area contributed by atoms with Crippen molar-refractivity contribution in [1.29, 1.82) is 0 Å². The number of carbonyl (C=O) groups excluding carboxylic acids is 1. The first kappa shape index (κ1) is 18.0. The number of nitrogens with one attached hydrogen (secondary N) is 1. The van der Waals surface area contributed by atoms with Gasteiger partial charge in [-0.05, 0) is 26.0 Å². The van der Waals surface area contributed by atoms with Crippen LogP contribution in [0.4, 0.5) is 5.95 Å². The second kappa shape index (κ2) is 6.84. The number of halogens is 1. The number of rotatable bonds is 5. The molecule has 0 aromatic carbocycles. The average molecular weight is 371 g/mol. The van der Waals surface area contributed by atoms with Crippen molar-refractivity contribution >= 4 is 23.3 Å². The van der Waals surface area contributed by atoms with Crippen molar-refractivity contribution < 1.29 is 4.79 Å². The van der Waals surface area contributed by atoms with E-state index < -0.39 is 5.54 Å². The van der Waals surface area contributed by atoms with Crippen LogP contribution in [0.3, 0.4) is 0 Å². The van der Waals surface area contributed by atoms with Gasteiger partial charge in [-0.15, -0.1) is 0 Å². The van der Waals surface area contributed by atoms with Gasteiger partial charge in [-0.1, -0.05) is 11.6 Å². The fourth-order valence-electron chi connectivity index (χ4n) is 2.64. The first-order valence-electron chi connectivity index (χ1n) is 8.04. The van der Waals surface area contributed by atoms with Crippen LogP contribution in [0.2, 0.25) is 5.02 Å². The van der Waals surface area contributed by atoms with Gasteiger partial charge < -0.3 is 9.88 Å². The minimum absolute atomic E-state index is 0.0908. The molecule has 0 unspecified atom stereocenters. The number of pyridine rings is 1. The quantitative estimate of drug-likeness (QED) is 0.692. The highest BCUT2D eigenvalue weighted by Crippen LogP contribution is 2.28. The summed E-state index contributed by atoms with van der Waals surface area (Å²) in [5.41, 5.74) is 1.54. The number of ketones is 1. The van der Waals surface area contributed by atoms with Crippen molar-refractivity contribution in [3.63, 3.8) is 0 Å². The third-order valence-electron chi connectivity index (χ3n) is 3.91. The molecule has 3 rings (SSSR count). The van der Waals surface area contributed by atoms with E-state index in [4.69, 9.17) is 11.6 Å². The lowest BCUT2D eigenvalue weighted by molar-refractivity contribution is 0.100. The van der Waals surface area contributed by atoms with Crippen LogP contribution in [0.25, 0.3) is 11.3 Å². The van der Waals surface area contributed by atoms with Crippen LogP contribution >= 0.6 is 11.6 Å². The summed E-state index contributed by atoms with van der Waals surface area (Å²) in [7, 11) is 1.78. The van der Waals surface area contributed by atoms with E-state index in [-0.39, 0.29) is 5.78 Å². The molecule has 26 heavy (non-hydrogen) atoms. The van der Waals surface area contributed by atoms with Crippen LogP contribution in [0, 0.1) is 0 Å². The molecular weight excluding hydrogens is 352 g/mol. The first-order chi connectivity index (χ1) is 12.3. The molecule has 0 bridgehead atoms. The summed E-state index contributed by atoms with van der Waals surface area (Å²) in [6, 6.07) is 3.58. The first-order valence-corrected chi connectivity index (χ1v) is 8.41. The van der Waals surface area contributed by atoms with Crippen molar-refractivity contribution in [1.82, 2.24) is 24.5 Å². The molecule has 0 spiro atoms. The number of aromatic nitrogens is 5. The molecular formula is C18H19ClN6O. The van der Waals surface area contributed by atoms with Crippen LogP contribution in [0.15, 0.2) is 36.9 Å². The van der Waals surface area contributed by atoms with Crippen LogP contribution in [0.5, 0.6) is 0 Å². The molecule has 0 saturated heterocycles. The Hall–Kier alpha value is -2.80. The lowest BCUT2D eigenvalue weighted by Gasteiger charge is -2.26. The molecule has 3 heterocycles. The molecule has 0 fully saturated rings. The molecule has 0 aliphatic heterocycles.